The minimum absolute atomic E-state index is 0.0737. The first kappa shape index (κ1) is 21.8. The van der Waals surface area contributed by atoms with Gasteiger partial charge in [-0.15, -0.1) is 0 Å². The zero-order chi connectivity index (χ0) is 22.4. The van der Waals surface area contributed by atoms with Gasteiger partial charge in [-0.3, -0.25) is 29.4 Å². The average molecular weight is 439 g/mol. The lowest BCUT2D eigenvalue weighted by molar-refractivity contribution is -0.385. The Hall–Kier alpha value is -3.92. The summed E-state index contributed by atoms with van der Waals surface area (Å²) >= 11 is 0.698. The number of ether oxygens (including phenoxy) is 1. The fraction of sp³-hybridized carbons (Fsp3) is 0.0952. The molecule has 3 rings (SSSR count). The first-order chi connectivity index (χ1) is 14.9. The number of anilines is 1. The molecule has 1 N–H and O–H groups in total. The van der Waals surface area contributed by atoms with Gasteiger partial charge in [0.2, 0.25) is 5.91 Å². The summed E-state index contributed by atoms with van der Waals surface area (Å²) in [7, 11) is 1.53. The summed E-state index contributed by atoms with van der Waals surface area (Å²) in [4.78, 5) is 48.4. The molecular formula is C21H17N3O6S. The number of nitrogens with one attached hydrogen (secondary N) is 1. The van der Waals surface area contributed by atoms with Crippen LogP contribution in [0, 0.1) is 10.1 Å². The smallest absolute Gasteiger partial charge is 0.294 e. The Bertz CT molecular complexity index is 1090. The summed E-state index contributed by atoms with van der Waals surface area (Å²) in [6.07, 6.45) is 4.32. The normalized spacial score (nSPS) is 15.0. The van der Waals surface area contributed by atoms with Crippen LogP contribution in [0.3, 0.4) is 0 Å². The van der Waals surface area contributed by atoms with Gasteiger partial charge >= 0.3 is 0 Å². The number of methoxy groups -OCH3 is 1. The van der Waals surface area contributed by atoms with Crippen molar-refractivity contribution < 1.29 is 24.0 Å². The zero-order valence-corrected chi connectivity index (χ0v) is 17.1. The van der Waals surface area contributed by atoms with Crippen molar-refractivity contribution in [3.8, 4) is 5.75 Å². The van der Waals surface area contributed by atoms with E-state index in [1.165, 1.54) is 31.4 Å². The third-order valence-electron chi connectivity index (χ3n) is 4.21. The van der Waals surface area contributed by atoms with Gasteiger partial charge in [0.25, 0.3) is 16.8 Å². The van der Waals surface area contributed by atoms with Crippen LogP contribution >= 0.6 is 11.8 Å². The minimum atomic E-state index is -0.605. The maximum Gasteiger partial charge on any atom is 0.294 e. The summed E-state index contributed by atoms with van der Waals surface area (Å²) in [5, 5.41) is 13.1. The van der Waals surface area contributed by atoms with E-state index in [0.717, 1.165) is 4.90 Å². The van der Waals surface area contributed by atoms with Crippen LogP contribution in [0.5, 0.6) is 5.75 Å². The Balaban J connectivity index is 1.64. The molecular weight excluding hydrogens is 422 g/mol. The molecule has 0 atom stereocenters. The van der Waals surface area contributed by atoms with Crippen molar-refractivity contribution in [2.45, 2.75) is 0 Å². The Morgan fingerprint density at radius 3 is 2.58 bits per heavy atom. The summed E-state index contributed by atoms with van der Waals surface area (Å²) in [6, 6.07) is 12.8. The standard InChI is InChI=1S/C21H17N3O6S/c1-30-16-11-9-15(10-12-16)22-19(25)13-23-20(26)18(31-21(23)27)8-4-6-14-5-2-3-7-17(14)24(28)29/h2-12H,13H2,1H3,(H,22,25)/b6-4+,18-8+. The second-order valence-corrected chi connectivity index (χ2v) is 7.24. The van der Waals surface area contributed by atoms with E-state index in [4.69, 9.17) is 4.74 Å². The highest BCUT2D eigenvalue weighted by Gasteiger charge is 2.36. The van der Waals surface area contributed by atoms with Crippen molar-refractivity contribution in [1.82, 2.24) is 4.90 Å². The number of carbonyl (C=O) groups excluding carboxylic acids is 3. The summed E-state index contributed by atoms with van der Waals surface area (Å²) in [5.74, 6) is -0.501. The lowest BCUT2D eigenvalue weighted by Gasteiger charge is -2.12. The molecule has 1 aliphatic heterocycles. The van der Waals surface area contributed by atoms with Crippen LogP contribution in [-0.2, 0) is 9.59 Å². The summed E-state index contributed by atoms with van der Waals surface area (Å²) < 4.78 is 5.04. The Labute approximate surface area is 181 Å². The Kier molecular flexibility index (Phi) is 6.83. The van der Waals surface area contributed by atoms with Crippen LogP contribution in [0.15, 0.2) is 65.6 Å². The van der Waals surface area contributed by atoms with Gasteiger partial charge in [-0.25, -0.2) is 0 Å². The molecule has 1 saturated heterocycles. The first-order valence-electron chi connectivity index (χ1n) is 8.98. The molecule has 2 aromatic carbocycles. The van der Waals surface area contributed by atoms with Crippen molar-refractivity contribution in [2.75, 3.05) is 19.0 Å². The molecule has 0 bridgehead atoms. The number of rotatable bonds is 7. The molecule has 0 aliphatic carbocycles. The second-order valence-electron chi connectivity index (χ2n) is 6.24. The zero-order valence-electron chi connectivity index (χ0n) is 16.3. The molecule has 2 aromatic rings. The Morgan fingerprint density at radius 2 is 1.90 bits per heavy atom. The van der Waals surface area contributed by atoms with Crippen molar-refractivity contribution in [1.29, 1.82) is 0 Å². The largest absolute Gasteiger partial charge is 0.497 e. The molecule has 3 amide bonds. The molecule has 1 heterocycles. The number of nitrogens with zero attached hydrogens (tertiary/aromatic N) is 2. The predicted octanol–water partition coefficient (Wildman–Crippen LogP) is 3.83. The highest BCUT2D eigenvalue weighted by molar-refractivity contribution is 8.18. The van der Waals surface area contributed by atoms with E-state index in [9.17, 15) is 24.5 Å². The van der Waals surface area contributed by atoms with Crippen LogP contribution in [0.25, 0.3) is 6.08 Å². The number of imide groups is 1. The number of nitro benzene ring substituents is 1. The van der Waals surface area contributed by atoms with E-state index in [0.29, 0.717) is 28.8 Å². The maximum atomic E-state index is 12.5. The van der Waals surface area contributed by atoms with Gasteiger partial charge in [0.05, 0.1) is 22.5 Å². The van der Waals surface area contributed by atoms with Crippen molar-refractivity contribution in [2.24, 2.45) is 0 Å². The van der Waals surface area contributed by atoms with Gasteiger partial charge in [0.1, 0.15) is 12.3 Å². The van der Waals surface area contributed by atoms with Gasteiger partial charge in [-0.05, 0) is 54.2 Å². The third kappa shape index (κ3) is 5.37. The number of thioether (sulfide) groups is 1. The average Bonchev–Trinajstić information content (AvgIpc) is 3.02. The number of nitro groups is 1. The predicted molar refractivity (Wildman–Crippen MR) is 117 cm³/mol. The number of amides is 3. The molecule has 0 spiro atoms. The highest BCUT2D eigenvalue weighted by Crippen LogP contribution is 2.30. The van der Waals surface area contributed by atoms with Gasteiger partial charge in [0.15, 0.2) is 0 Å². The van der Waals surface area contributed by atoms with Crippen molar-refractivity contribution >= 4 is 46.3 Å². The molecule has 1 fully saturated rings. The number of benzene rings is 2. The Morgan fingerprint density at radius 1 is 1.19 bits per heavy atom. The van der Waals surface area contributed by atoms with Crippen molar-refractivity contribution in [3.63, 3.8) is 0 Å². The molecule has 0 aromatic heterocycles. The van der Waals surface area contributed by atoms with Crippen LogP contribution in [0.1, 0.15) is 5.56 Å². The topological polar surface area (TPSA) is 119 Å². The minimum Gasteiger partial charge on any atom is -0.497 e. The molecule has 10 heteroatoms. The molecule has 1 aliphatic rings. The summed E-state index contributed by atoms with van der Waals surface area (Å²) in [6.45, 7) is -0.429. The fourth-order valence-electron chi connectivity index (χ4n) is 2.70. The quantitative estimate of drug-likeness (QED) is 0.395. The molecule has 9 nitrogen and oxygen atoms in total. The van der Waals surface area contributed by atoms with Gasteiger partial charge in [-0.1, -0.05) is 18.2 Å². The number of hydrogen-bond donors (Lipinski definition) is 1. The molecule has 31 heavy (non-hydrogen) atoms. The van der Waals surface area contributed by atoms with E-state index in [2.05, 4.69) is 5.32 Å². The third-order valence-corrected chi connectivity index (χ3v) is 5.13. The van der Waals surface area contributed by atoms with Crippen molar-refractivity contribution in [3.05, 3.63) is 81.3 Å². The number of carbonyl (C=O) groups is 3. The number of hydrogen-bond acceptors (Lipinski definition) is 7. The van der Waals surface area contributed by atoms with Crippen LogP contribution in [0.2, 0.25) is 0 Å². The fourth-order valence-corrected chi connectivity index (χ4v) is 3.49. The highest BCUT2D eigenvalue weighted by atomic mass is 32.2. The summed E-state index contributed by atoms with van der Waals surface area (Å²) in [5.41, 5.74) is 0.790. The lowest BCUT2D eigenvalue weighted by atomic mass is 10.1. The van der Waals surface area contributed by atoms with Gasteiger partial charge < -0.3 is 10.1 Å². The van der Waals surface area contributed by atoms with E-state index < -0.39 is 28.5 Å². The molecule has 158 valence electrons. The van der Waals surface area contributed by atoms with Crippen LogP contribution < -0.4 is 10.1 Å². The second kappa shape index (κ2) is 9.72. The van der Waals surface area contributed by atoms with E-state index in [-0.39, 0.29) is 10.6 Å². The van der Waals surface area contributed by atoms with Crippen LogP contribution in [-0.4, -0.2) is 40.5 Å². The van der Waals surface area contributed by atoms with E-state index >= 15 is 0 Å². The molecule has 0 saturated carbocycles. The van der Waals surface area contributed by atoms with E-state index in [1.807, 2.05) is 0 Å². The van der Waals surface area contributed by atoms with Gasteiger partial charge in [-0.2, -0.15) is 0 Å². The SMILES string of the molecule is COc1ccc(NC(=O)CN2C(=O)S/C(=C/C=C/c3ccccc3[N+](=O)[O-])C2=O)cc1. The molecule has 0 unspecified atom stereocenters. The van der Waals surface area contributed by atoms with Crippen LogP contribution in [0.4, 0.5) is 16.2 Å². The molecule has 0 radical (unpaired) electrons. The first-order valence-corrected chi connectivity index (χ1v) is 9.80. The van der Waals surface area contributed by atoms with E-state index in [1.54, 1.807) is 42.5 Å². The maximum absolute atomic E-state index is 12.5. The van der Waals surface area contributed by atoms with Gasteiger partial charge in [0, 0.05) is 11.8 Å². The number of allylic oxidation sites excluding steroid dienone is 2. The number of para-hydroxylation sites is 1. The monoisotopic (exact) mass is 439 g/mol. The lowest BCUT2D eigenvalue weighted by Crippen LogP contribution is -2.36.